The minimum absolute atomic E-state index is 0.363. The molecule has 0 amide bonds. The molecule has 11 heavy (non-hydrogen) atoms. The van der Waals surface area contributed by atoms with Gasteiger partial charge in [0.05, 0.1) is 0 Å². The summed E-state index contributed by atoms with van der Waals surface area (Å²) in [5.41, 5.74) is 0. The third kappa shape index (κ3) is 6.81. The Labute approximate surface area is 73.5 Å². The van der Waals surface area contributed by atoms with Gasteiger partial charge in [-0.15, -0.1) is 7.92 Å². The highest BCUT2D eigenvalue weighted by Gasteiger charge is 2.08. The third-order valence-electron chi connectivity index (χ3n) is 1.69. The summed E-state index contributed by atoms with van der Waals surface area (Å²) < 4.78 is 0. The molecule has 0 saturated carbocycles. The van der Waals surface area contributed by atoms with Crippen LogP contribution in [-0.4, -0.2) is 18.5 Å². The molecule has 0 aromatic rings. The van der Waals surface area contributed by atoms with E-state index in [1.54, 1.807) is 0 Å². The van der Waals surface area contributed by atoms with E-state index < -0.39 is 0 Å². The Bertz CT molecular complexity index is 76.9. The molecule has 0 aliphatic rings. The standard InChI is InChI=1S/C10H23P/c1-6-11(7-9(2)3)8-10(4)5/h9-10H,6-8H2,1-5H3. The second-order valence-electron chi connectivity index (χ2n) is 4.14. The molecular formula is C10H23P. The van der Waals surface area contributed by atoms with Gasteiger partial charge in [0.25, 0.3) is 0 Å². The van der Waals surface area contributed by atoms with Crippen LogP contribution in [0.15, 0.2) is 0 Å². The van der Waals surface area contributed by atoms with Gasteiger partial charge >= 0.3 is 0 Å². The van der Waals surface area contributed by atoms with E-state index in [1.807, 2.05) is 0 Å². The summed E-state index contributed by atoms with van der Waals surface area (Å²) in [6.07, 6.45) is 4.37. The van der Waals surface area contributed by atoms with E-state index in [-0.39, 0.29) is 0 Å². The second kappa shape index (κ2) is 6.00. The molecule has 0 aliphatic carbocycles. The largest absolute Gasteiger partial charge is 0.106 e. The first-order chi connectivity index (χ1) is 5.06. The highest BCUT2D eigenvalue weighted by molar-refractivity contribution is 7.57. The van der Waals surface area contributed by atoms with Crippen molar-refractivity contribution in [2.24, 2.45) is 11.8 Å². The smallest absolute Gasteiger partial charge is 0.0303 e. The lowest BCUT2D eigenvalue weighted by Gasteiger charge is -2.19. The van der Waals surface area contributed by atoms with E-state index in [4.69, 9.17) is 0 Å². The van der Waals surface area contributed by atoms with Gasteiger partial charge in [-0.05, 0) is 30.3 Å². The molecule has 0 aromatic heterocycles. The van der Waals surface area contributed by atoms with Crippen molar-refractivity contribution in [2.45, 2.75) is 34.6 Å². The molecule has 0 spiro atoms. The van der Waals surface area contributed by atoms with Crippen molar-refractivity contribution in [3.05, 3.63) is 0 Å². The first-order valence-corrected chi connectivity index (χ1v) is 6.68. The van der Waals surface area contributed by atoms with Crippen molar-refractivity contribution < 1.29 is 0 Å². The molecule has 0 aromatic carbocycles. The number of hydrogen-bond acceptors (Lipinski definition) is 0. The molecule has 68 valence electrons. The second-order valence-corrected chi connectivity index (χ2v) is 6.84. The van der Waals surface area contributed by atoms with Crippen LogP contribution in [0.5, 0.6) is 0 Å². The van der Waals surface area contributed by atoms with Crippen LogP contribution in [-0.2, 0) is 0 Å². The van der Waals surface area contributed by atoms with E-state index in [0.29, 0.717) is 7.92 Å². The molecule has 0 unspecified atom stereocenters. The topological polar surface area (TPSA) is 0 Å². The number of hydrogen-bond donors (Lipinski definition) is 0. The van der Waals surface area contributed by atoms with E-state index in [9.17, 15) is 0 Å². The highest BCUT2D eigenvalue weighted by Crippen LogP contribution is 2.38. The van der Waals surface area contributed by atoms with Crippen molar-refractivity contribution in [1.82, 2.24) is 0 Å². The summed E-state index contributed by atoms with van der Waals surface area (Å²) in [4.78, 5) is 0. The molecule has 0 saturated heterocycles. The molecule has 0 atom stereocenters. The van der Waals surface area contributed by atoms with Gasteiger partial charge in [0.1, 0.15) is 0 Å². The monoisotopic (exact) mass is 174 g/mol. The van der Waals surface area contributed by atoms with Gasteiger partial charge < -0.3 is 0 Å². The molecule has 0 radical (unpaired) electrons. The molecule has 0 fully saturated rings. The fourth-order valence-corrected chi connectivity index (χ4v) is 4.10. The van der Waals surface area contributed by atoms with Crippen LogP contribution in [0.25, 0.3) is 0 Å². The minimum Gasteiger partial charge on any atom is -0.106 e. The Balaban J connectivity index is 3.58. The molecule has 0 heterocycles. The average molecular weight is 174 g/mol. The summed E-state index contributed by atoms with van der Waals surface area (Å²) in [5.74, 6) is 1.81. The van der Waals surface area contributed by atoms with Crippen molar-refractivity contribution in [2.75, 3.05) is 18.5 Å². The zero-order valence-corrected chi connectivity index (χ0v) is 9.62. The summed E-state index contributed by atoms with van der Waals surface area (Å²) >= 11 is 0. The number of rotatable bonds is 5. The summed E-state index contributed by atoms with van der Waals surface area (Å²) in [6, 6.07) is 0. The van der Waals surface area contributed by atoms with Crippen molar-refractivity contribution in [3.63, 3.8) is 0 Å². The lowest BCUT2D eigenvalue weighted by molar-refractivity contribution is 0.718. The summed E-state index contributed by atoms with van der Waals surface area (Å²) in [7, 11) is 0.363. The first-order valence-electron chi connectivity index (χ1n) is 4.78. The fraction of sp³-hybridized carbons (Fsp3) is 1.00. The maximum absolute atomic E-state index is 2.34. The maximum Gasteiger partial charge on any atom is -0.0303 e. The predicted octanol–water partition coefficient (Wildman–Crippen LogP) is 3.80. The third-order valence-corrected chi connectivity index (χ3v) is 5.08. The SMILES string of the molecule is CCP(CC(C)C)CC(C)C. The Morgan fingerprint density at radius 3 is 1.45 bits per heavy atom. The normalized spacial score (nSPS) is 12.0. The summed E-state index contributed by atoms with van der Waals surface area (Å²) in [6.45, 7) is 11.7. The van der Waals surface area contributed by atoms with E-state index in [0.717, 1.165) is 11.8 Å². The molecule has 1 heteroatoms. The highest BCUT2D eigenvalue weighted by atomic mass is 31.1. The maximum atomic E-state index is 2.34. The van der Waals surface area contributed by atoms with Crippen LogP contribution in [0.3, 0.4) is 0 Å². The van der Waals surface area contributed by atoms with Crippen molar-refractivity contribution in [1.29, 1.82) is 0 Å². The van der Waals surface area contributed by atoms with Gasteiger partial charge in [-0.2, -0.15) is 0 Å². The van der Waals surface area contributed by atoms with E-state index in [2.05, 4.69) is 34.6 Å². The Kier molecular flexibility index (Phi) is 6.24. The lowest BCUT2D eigenvalue weighted by Crippen LogP contribution is -2.03. The first kappa shape index (κ1) is 11.4. The van der Waals surface area contributed by atoms with Crippen molar-refractivity contribution in [3.8, 4) is 0 Å². The Hall–Kier alpha value is 0.430. The Morgan fingerprint density at radius 1 is 0.909 bits per heavy atom. The zero-order valence-electron chi connectivity index (χ0n) is 8.72. The van der Waals surface area contributed by atoms with Gasteiger partial charge in [0, 0.05) is 0 Å². The van der Waals surface area contributed by atoms with Crippen LogP contribution in [0.2, 0.25) is 0 Å². The molecule has 0 bridgehead atoms. The zero-order chi connectivity index (χ0) is 8.85. The van der Waals surface area contributed by atoms with Crippen LogP contribution < -0.4 is 0 Å². The van der Waals surface area contributed by atoms with Crippen LogP contribution in [0.1, 0.15) is 34.6 Å². The molecular weight excluding hydrogens is 151 g/mol. The Morgan fingerprint density at radius 2 is 1.27 bits per heavy atom. The van der Waals surface area contributed by atoms with Gasteiger partial charge in [-0.3, -0.25) is 0 Å². The quantitative estimate of drug-likeness (QED) is 0.556. The van der Waals surface area contributed by atoms with Gasteiger partial charge in [0.2, 0.25) is 0 Å². The van der Waals surface area contributed by atoms with E-state index in [1.165, 1.54) is 18.5 Å². The van der Waals surface area contributed by atoms with Crippen molar-refractivity contribution >= 4 is 7.92 Å². The predicted molar refractivity (Wildman–Crippen MR) is 56.9 cm³/mol. The molecule has 0 rings (SSSR count). The molecule has 0 N–H and O–H groups in total. The molecule has 0 aliphatic heterocycles. The fourth-order valence-electron chi connectivity index (χ4n) is 1.37. The minimum atomic E-state index is 0.363. The van der Waals surface area contributed by atoms with Gasteiger partial charge in [-0.25, -0.2) is 0 Å². The van der Waals surface area contributed by atoms with Gasteiger partial charge in [-0.1, -0.05) is 34.6 Å². The molecule has 0 nitrogen and oxygen atoms in total. The van der Waals surface area contributed by atoms with Crippen LogP contribution in [0.4, 0.5) is 0 Å². The van der Waals surface area contributed by atoms with Crippen LogP contribution >= 0.6 is 7.92 Å². The average Bonchev–Trinajstić information content (AvgIpc) is 1.84. The lowest BCUT2D eigenvalue weighted by atomic mass is 10.3. The van der Waals surface area contributed by atoms with E-state index >= 15 is 0 Å². The summed E-state index contributed by atoms with van der Waals surface area (Å²) in [5, 5.41) is 0. The van der Waals surface area contributed by atoms with Crippen LogP contribution in [0, 0.1) is 11.8 Å². The van der Waals surface area contributed by atoms with Gasteiger partial charge in [0.15, 0.2) is 0 Å².